The Balaban J connectivity index is 1.75. The van der Waals surface area contributed by atoms with Gasteiger partial charge < -0.3 is 5.32 Å². The van der Waals surface area contributed by atoms with Crippen LogP contribution in [0.4, 0.5) is 13.2 Å². The van der Waals surface area contributed by atoms with Gasteiger partial charge in [0.2, 0.25) is 5.91 Å². The fraction of sp³-hybridized carbons (Fsp3) is 0.500. The van der Waals surface area contributed by atoms with Crippen molar-refractivity contribution in [2.45, 2.75) is 59.2 Å². The fourth-order valence-electron chi connectivity index (χ4n) is 3.40. The molecule has 6 nitrogen and oxygen atoms in total. The van der Waals surface area contributed by atoms with Crippen molar-refractivity contribution < 1.29 is 18.0 Å². The molecule has 1 unspecified atom stereocenters. The standard InChI is InChI=1S/C20H24F3N5OS/c1-11(2)10-15(16-6-5-9-30-16)25-17(29)8-7-14-12(3)24-19-26-18(20(21,22)23)27-28(19)13(14)4/h5-6,9,11,15H,7-8,10H2,1-4H3,(H,25,29). The third-order valence-corrected chi connectivity index (χ3v) is 5.82. The maximum atomic E-state index is 12.9. The van der Waals surface area contributed by atoms with E-state index in [0.29, 0.717) is 29.3 Å². The van der Waals surface area contributed by atoms with Crippen LogP contribution >= 0.6 is 11.3 Å². The Morgan fingerprint density at radius 3 is 2.60 bits per heavy atom. The van der Waals surface area contributed by atoms with E-state index in [1.165, 1.54) is 0 Å². The van der Waals surface area contributed by atoms with E-state index in [2.05, 4.69) is 34.2 Å². The summed E-state index contributed by atoms with van der Waals surface area (Å²) in [6.07, 6.45) is -3.25. The Labute approximate surface area is 176 Å². The van der Waals surface area contributed by atoms with Gasteiger partial charge in [0, 0.05) is 22.7 Å². The highest BCUT2D eigenvalue weighted by Gasteiger charge is 2.37. The van der Waals surface area contributed by atoms with Crippen molar-refractivity contribution in [1.82, 2.24) is 24.9 Å². The number of hydrogen-bond donors (Lipinski definition) is 1. The average molecular weight is 440 g/mol. The van der Waals surface area contributed by atoms with Crippen LogP contribution in [0.1, 0.15) is 60.4 Å². The third-order valence-electron chi connectivity index (χ3n) is 4.83. The smallest absolute Gasteiger partial charge is 0.348 e. The first-order valence-electron chi connectivity index (χ1n) is 9.69. The molecule has 0 aliphatic carbocycles. The third kappa shape index (κ3) is 4.97. The zero-order valence-electron chi connectivity index (χ0n) is 17.2. The van der Waals surface area contributed by atoms with Gasteiger partial charge in [-0.25, -0.2) is 9.50 Å². The SMILES string of the molecule is Cc1nc2nc(C(F)(F)F)nn2c(C)c1CCC(=O)NC(CC(C)C)c1cccs1. The molecule has 0 aliphatic rings. The van der Waals surface area contributed by atoms with Crippen LogP contribution in [-0.2, 0) is 17.4 Å². The van der Waals surface area contributed by atoms with Crippen LogP contribution in [0.15, 0.2) is 17.5 Å². The van der Waals surface area contributed by atoms with E-state index in [1.54, 1.807) is 25.2 Å². The van der Waals surface area contributed by atoms with Crippen molar-refractivity contribution in [3.05, 3.63) is 45.2 Å². The van der Waals surface area contributed by atoms with Crippen molar-refractivity contribution in [2.75, 3.05) is 0 Å². The molecule has 1 N–H and O–H groups in total. The monoisotopic (exact) mass is 439 g/mol. The Hall–Kier alpha value is -2.49. The number of nitrogens with zero attached hydrogens (tertiary/aromatic N) is 4. The maximum Gasteiger partial charge on any atom is 0.453 e. The van der Waals surface area contributed by atoms with Gasteiger partial charge in [-0.1, -0.05) is 19.9 Å². The molecular weight excluding hydrogens is 415 g/mol. The summed E-state index contributed by atoms with van der Waals surface area (Å²) in [5, 5.41) is 8.62. The highest BCUT2D eigenvalue weighted by Crippen LogP contribution is 2.28. The van der Waals surface area contributed by atoms with Crippen LogP contribution in [0.5, 0.6) is 0 Å². The zero-order chi connectivity index (χ0) is 22.1. The van der Waals surface area contributed by atoms with Gasteiger partial charge in [-0.3, -0.25) is 4.79 Å². The molecule has 1 amide bonds. The number of alkyl halides is 3. The van der Waals surface area contributed by atoms with Crippen molar-refractivity contribution in [2.24, 2.45) is 5.92 Å². The molecule has 0 aliphatic heterocycles. The van der Waals surface area contributed by atoms with E-state index >= 15 is 0 Å². The van der Waals surface area contributed by atoms with E-state index in [9.17, 15) is 18.0 Å². The number of thiophene rings is 1. The summed E-state index contributed by atoms with van der Waals surface area (Å²) in [4.78, 5) is 21.3. The predicted molar refractivity (Wildman–Crippen MR) is 108 cm³/mol. The largest absolute Gasteiger partial charge is 0.453 e. The van der Waals surface area contributed by atoms with E-state index in [4.69, 9.17) is 0 Å². The molecule has 0 radical (unpaired) electrons. The Morgan fingerprint density at radius 2 is 2.00 bits per heavy atom. The summed E-state index contributed by atoms with van der Waals surface area (Å²) in [5.41, 5.74) is 1.75. The highest BCUT2D eigenvalue weighted by atomic mass is 32.1. The lowest BCUT2D eigenvalue weighted by Crippen LogP contribution is -2.29. The number of nitrogens with one attached hydrogen (secondary N) is 1. The van der Waals surface area contributed by atoms with Crippen molar-refractivity contribution in [1.29, 1.82) is 0 Å². The van der Waals surface area contributed by atoms with Crippen LogP contribution in [0.3, 0.4) is 0 Å². The van der Waals surface area contributed by atoms with Gasteiger partial charge in [-0.05, 0) is 49.6 Å². The summed E-state index contributed by atoms with van der Waals surface area (Å²) in [6, 6.07) is 3.91. The Bertz CT molecular complexity index is 1030. The van der Waals surface area contributed by atoms with Crippen molar-refractivity contribution in [3.63, 3.8) is 0 Å². The molecule has 30 heavy (non-hydrogen) atoms. The van der Waals surface area contributed by atoms with Crippen molar-refractivity contribution in [3.8, 4) is 0 Å². The highest BCUT2D eigenvalue weighted by molar-refractivity contribution is 7.10. The summed E-state index contributed by atoms with van der Waals surface area (Å²) in [5.74, 6) is -1.01. The molecule has 0 bridgehead atoms. The molecule has 1 atom stereocenters. The number of carbonyl (C=O) groups is 1. The van der Waals surface area contributed by atoms with E-state index in [-0.39, 0.29) is 24.1 Å². The number of aromatic nitrogens is 4. The van der Waals surface area contributed by atoms with Gasteiger partial charge in [0.25, 0.3) is 11.6 Å². The normalized spacial score (nSPS) is 13.2. The first-order valence-corrected chi connectivity index (χ1v) is 10.6. The molecule has 3 rings (SSSR count). The average Bonchev–Trinajstić information content (AvgIpc) is 3.30. The molecule has 0 spiro atoms. The van der Waals surface area contributed by atoms with Crippen LogP contribution in [0, 0.1) is 19.8 Å². The molecule has 10 heteroatoms. The molecule has 0 aromatic carbocycles. The molecule has 3 aromatic heterocycles. The second-order valence-corrected chi connectivity index (χ2v) is 8.65. The van der Waals surface area contributed by atoms with Gasteiger partial charge in [0.05, 0.1) is 6.04 Å². The molecule has 0 fully saturated rings. The van der Waals surface area contributed by atoms with Crippen molar-refractivity contribution >= 4 is 23.0 Å². The summed E-state index contributed by atoms with van der Waals surface area (Å²) in [6.45, 7) is 7.58. The van der Waals surface area contributed by atoms with Gasteiger partial charge >= 0.3 is 6.18 Å². The lowest BCUT2D eigenvalue weighted by molar-refractivity contribution is -0.144. The van der Waals surface area contributed by atoms with Crippen LogP contribution in [0.2, 0.25) is 0 Å². The van der Waals surface area contributed by atoms with Gasteiger partial charge in [0.15, 0.2) is 0 Å². The number of halogens is 3. The van der Waals surface area contributed by atoms with Crippen LogP contribution in [-0.4, -0.2) is 25.5 Å². The minimum Gasteiger partial charge on any atom is -0.348 e. The number of aryl methyl sites for hydroxylation is 2. The summed E-state index contributed by atoms with van der Waals surface area (Å²) in [7, 11) is 0. The Morgan fingerprint density at radius 1 is 1.27 bits per heavy atom. The first kappa shape index (κ1) is 22.2. The number of fused-ring (bicyclic) bond motifs is 1. The number of hydrogen-bond acceptors (Lipinski definition) is 5. The van der Waals surface area contributed by atoms with E-state index in [0.717, 1.165) is 15.8 Å². The first-order chi connectivity index (χ1) is 14.1. The van der Waals surface area contributed by atoms with Gasteiger partial charge in [0.1, 0.15) is 0 Å². The second-order valence-electron chi connectivity index (χ2n) is 7.67. The molecule has 3 aromatic rings. The topological polar surface area (TPSA) is 72.2 Å². The number of amides is 1. The van der Waals surface area contributed by atoms with Gasteiger partial charge in [-0.15, -0.1) is 16.4 Å². The Kier molecular flexibility index (Phi) is 6.44. The molecular formula is C20H24F3N5OS. The summed E-state index contributed by atoms with van der Waals surface area (Å²) >= 11 is 1.60. The summed E-state index contributed by atoms with van der Waals surface area (Å²) < 4.78 is 39.9. The molecule has 3 heterocycles. The molecule has 0 saturated carbocycles. The van der Waals surface area contributed by atoms with E-state index in [1.807, 2.05) is 17.5 Å². The quantitative estimate of drug-likeness (QED) is 0.581. The minimum absolute atomic E-state index is 0.0510. The number of carbonyl (C=O) groups excluding carboxylic acids is 1. The maximum absolute atomic E-state index is 12.9. The predicted octanol–water partition coefficient (Wildman–Crippen LogP) is 4.66. The zero-order valence-corrected chi connectivity index (χ0v) is 18.1. The van der Waals surface area contributed by atoms with Gasteiger partial charge in [-0.2, -0.15) is 18.2 Å². The second kappa shape index (κ2) is 8.71. The van der Waals surface area contributed by atoms with Crippen LogP contribution < -0.4 is 5.32 Å². The lowest BCUT2D eigenvalue weighted by Gasteiger charge is -2.20. The fourth-order valence-corrected chi connectivity index (χ4v) is 4.19. The number of rotatable bonds is 7. The van der Waals surface area contributed by atoms with Crippen LogP contribution in [0.25, 0.3) is 5.78 Å². The molecule has 0 saturated heterocycles. The van der Waals surface area contributed by atoms with E-state index < -0.39 is 12.0 Å². The lowest BCUT2D eigenvalue weighted by atomic mass is 10.0. The molecule has 162 valence electrons. The minimum atomic E-state index is -4.64.